The number of halogens is 3. The van der Waals surface area contributed by atoms with Gasteiger partial charge in [-0.3, -0.25) is 0 Å². The van der Waals surface area contributed by atoms with Gasteiger partial charge in [-0.05, 0) is 18.9 Å². The molecule has 0 heterocycles. The Hall–Kier alpha value is -1.46. The van der Waals surface area contributed by atoms with Crippen molar-refractivity contribution in [3.05, 3.63) is 23.4 Å². The molecule has 3 nitrogen and oxygen atoms in total. The van der Waals surface area contributed by atoms with E-state index in [4.69, 9.17) is 5.73 Å². The summed E-state index contributed by atoms with van der Waals surface area (Å²) in [5, 5.41) is 2.14. The van der Waals surface area contributed by atoms with Crippen LogP contribution in [0.15, 0.2) is 23.4 Å². The molecular formula is C8H9F3N2O. The number of primary amides is 1. The second kappa shape index (κ2) is 3.73. The molecule has 3 N–H and O–H groups in total. The van der Waals surface area contributed by atoms with Gasteiger partial charge in [0.1, 0.15) is 0 Å². The third kappa shape index (κ3) is 2.79. The number of hydrogen-bond acceptors (Lipinski definition) is 1. The van der Waals surface area contributed by atoms with E-state index in [-0.39, 0.29) is 12.1 Å². The van der Waals surface area contributed by atoms with Crippen molar-refractivity contribution in [2.45, 2.75) is 19.0 Å². The monoisotopic (exact) mass is 206 g/mol. The maximum Gasteiger partial charge on any atom is 0.416 e. The van der Waals surface area contributed by atoms with Gasteiger partial charge in [-0.15, -0.1) is 0 Å². The lowest BCUT2D eigenvalue weighted by atomic mass is 10.0. The van der Waals surface area contributed by atoms with Crippen molar-refractivity contribution >= 4 is 6.03 Å². The smallest absolute Gasteiger partial charge is 0.351 e. The van der Waals surface area contributed by atoms with Crippen molar-refractivity contribution in [2.75, 3.05) is 0 Å². The minimum Gasteiger partial charge on any atom is -0.351 e. The van der Waals surface area contributed by atoms with Crippen molar-refractivity contribution in [1.82, 2.24) is 5.32 Å². The molecule has 6 heteroatoms. The zero-order valence-corrected chi connectivity index (χ0v) is 7.19. The van der Waals surface area contributed by atoms with Crippen LogP contribution in [0.2, 0.25) is 0 Å². The van der Waals surface area contributed by atoms with Crippen LogP contribution in [-0.4, -0.2) is 12.2 Å². The summed E-state index contributed by atoms with van der Waals surface area (Å²) in [6.07, 6.45) is -1.77. The Labute approximate surface area is 78.5 Å². The van der Waals surface area contributed by atoms with Gasteiger partial charge in [-0.25, -0.2) is 4.79 Å². The van der Waals surface area contributed by atoms with Gasteiger partial charge in [0, 0.05) is 5.70 Å². The lowest BCUT2D eigenvalue weighted by Crippen LogP contribution is -2.30. The van der Waals surface area contributed by atoms with Crippen molar-refractivity contribution in [2.24, 2.45) is 5.73 Å². The number of nitrogens with one attached hydrogen (secondary N) is 1. The molecule has 0 atom stereocenters. The standard InChI is InChI=1S/C8H9F3N2O/c9-8(10,11)5-2-1-3-6(4-5)13-7(12)14/h2,4H,1,3H2,(H3,12,13,14). The number of carbonyl (C=O) groups excluding carboxylic acids is 1. The Balaban J connectivity index is 2.78. The third-order valence-corrected chi connectivity index (χ3v) is 1.72. The molecule has 0 radical (unpaired) electrons. The van der Waals surface area contributed by atoms with Gasteiger partial charge in [0.15, 0.2) is 0 Å². The Bertz CT molecular complexity index is 304. The predicted molar refractivity (Wildman–Crippen MR) is 44.2 cm³/mol. The number of carbonyl (C=O) groups is 1. The first-order chi connectivity index (χ1) is 6.39. The van der Waals surface area contributed by atoms with Crippen LogP contribution in [0.3, 0.4) is 0 Å². The molecule has 1 rings (SSSR count). The first-order valence-electron chi connectivity index (χ1n) is 3.94. The quantitative estimate of drug-likeness (QED) is 0.675. The summed E-state index contributed by atoms with van der Waals surface area (Å²) in [7, 11) is 0. The molecule has 0 bridgehead atoms. The maximum atomic E-state index is 12.2. The highest BCUT2D eigenvalue weighted by molar-refractivity contribution is 5.73. The fourth-order valence-electron chi connectivity index (χ4n) is 1.16. The van der Waals surface area contributed by atoms with Gasteiger partial charge in [-0.2, -0.15) is 13.2 Å². The highest BCUT2D eigenvalue weighted by atomic mass is 19.4. The minimum atomic E-state index is -4.37. The van der Waals surface area contributed by atoms with Crippen molar-refractivity contribution < 1.29 is 18.0 Å². The summed E-state index contributed by atoms with van der Waals surface area (Å²) < 4.78 is 36.6. The number of urea groups is 1. The van der Waals surface area contributed by atoms with Crippen LogP contribution in [-0.2, 0) is 0 Å². The minimum absolute atomic E-state index is 0.201. The first-order valence-corrected chi connectivity index (χ1v) is 3.94. The topological polar surface area (TPSA) is 55.1 Å². The average Bonchev–Trinajstić information content (AvgIpc) is 2.01. The molecule has 0 aromatic rings. The molecule has 78 valence electrons. The highest BCUT2D eigenvalue weighted by Gasteiger charge is 2.33. The zero-order chi connectivity index (χ0) is 10.8. The van der Waals surface area contributed by atoms with Crippen LogP contribution in [0.25, 0.3) is 0 Å². The molecule has 1 aliphatic rings. The van der Waals surface area contributed by atoms with Crippen LogP contribution >= 0.6 is 0 Å². The first kappa shape index (κ1) is 10.6. The largest absolute Gasteiger partial charge is 0.416 e. The molecule has 0 fully saturated rings. The molecule has 0 aromatic carbocycles. The van der Waals surface area contributed by atoms with E-state index in [0.717, 1.165) is 12.2 Å². The molecule has 14 heavy (non-hydrogen) atoms. The molecule has 0 spiro atoms. The van der Waals surface area contributed by atoms with Crippen molar-refractivity contribution in [3.8, 4) is 0 Å². The van der Waals surface area contributed by atoms with Crippen LogP contribution < -0.4 is 11.1 Å². The molecule has 0 saturated heterocycles. The maximum absolute atomic E-state index is 12.2. The lowest BCUT2D eigenvalue weighted by molar-refractivity contribution is -0.0887. The zero-order valence-electron chi connectivity index (χ0n) is 7.19. The van der Waals surface area contributed by atoms with Crippen molar-refractivity contribution in [3.63, 3.8) is 0 Å². The van der Waals surface area contributed by atoms with E-state index in [0.29, 0.717) is 6.42 Å². The van der Waals surface area contributed by atoms with E-state index >= 15 is 0 Å². The summed E-state index contributed by atoms with van der Waals surface area (Å²) in [4.78, 5) is 10.4. The van der Waals surface area contributed by atoms with Gasteiger partial charge >= 0.3 is 12.2 Å². The van der Waals surface area contributed by atoms with Crippen LogP contribution in [0.5, 0.6) is 0 Å². The number of hydrogen-bond donors (Lipinski definition) is 2. The van der Waals surface area contributed by atoms with E-state index in [9.17, 15) is 18.0 Å². The lowest BCUT2D eigenvalue weighted by Gasteiger charge is -2.15. The van der Waals surface area contributed by atoms with Gasteiger partial charge in [0.05, 0.1) is 5.57 Å². The summed E-state index contributed by atoms with van der Waals surface area (Å²) in [6.45, 7) is 0. The fraction of sp³-hybridized carbons (Fsp3) is 0.375. The van der Waals surface area contributed by atoms with E-state index in [2.05, 4.69) is 5.32 Å². The van der Waals surface area contributed by atoms with E-state index < -0.39 is 17.8 Å². The normalized spacial score (nSPS) is 17.1. The number of allylic oxidation sites excluding steroid dienone is 4. The van der Waals surface area contributed by atoms with Gasteiger partial charge in [0.25, 0.3) is 0 Å². The van der Waals surface area contributed by atoms with E-state index in [1.54, 1.807) is 0 Å². The second-order valence-corrected chi connectivity index (χ2v) is 2.85. The highest BCUT2D eigenvalue weighted by Crippen LogP contribution is 2.30. The number of nitrogens with two attached hydrogens (primary N) is 1. The molecular weight excluding hydrogens is 197 g/mol. The Morgan fingerprint density at radius 3 is 2.64 bits per heavy atom. The van der Waals surface area contributed by atoms with Gasteiger partial charge < -0.3 is 11.1 Å². The Kier molecular flexibility index (Phi) is 2.83. The fourth-order valence-corrected chi connectivity index (χ4v) is 1.16. The number of rotatable bonds is 1. The summed E-state index contributed by atoms with van der Waals surface area (Å²) in [5.74, 6) is 0. The van der Waals surface area contributed by atoms with Crippen LogP contribution in [0.4, 0.5) is 18.0 Å². The van der Waals surface area contributed by atoms with Crippen molar-refractivity contribution in [1.29, 1.82) is 0 Å². The third-order valence-electron chi connectivity index (χ3n) is 1.72. The summed E-state index contributed by atoms with van der Waals surface area (Å²) >= 11 is 0. The molecule has 0 saturated carbocycles. The van der Waals surface area contributed by atoms with Gasteiger partial charge in [0.2, 0.25) is 0 Å². The Morgan fingerprint density at radius 1 is 1.50 bits per heavy atom. The molecule has 0 aromatic heterocycles. The molecule has 0 aliphatic heterocycles. The van der Waals surface area contributed by atoms with Crippen LogP contribution in [0, 0.1) is 0 Å². The van der Waals surface area contributed by atoms with E-state index in [1.807, 2.05) is 0 Å². The number of alkyl halides is 3. The molecule has 2 amide bonds. The predicted octanol–water partition coefficient (Wildman–Crippen LogP) is 1.82. The summed E-state index contributed by atoms with van der Waals surface area (Å²) in [5.41, 5.74) is 4.24. The average molecular weight is 206 g/mol. The Morgan fingerprint density at radius 2 is 2.14 bits per heavy atom. The van der Waals surface area contributed by atoms with Gasteiger partial charge in [-0.1, -0.05) is 6.08 Å². The SMILES string of the molecule is NC(=O)NC1=CC(C(F)(F)F)=CCC1. The molecule has 1 aliphatic carbocycles. The summed E-state index contributed by atoms with van der Waals surface area (Å²) in [6, 6.07) is -0.848. The molecule has 0 unspecified atom stereocenters. The second-order valence-electron chi connectivity index (χ2n) is 2.85. The number of amides is 2. The van der Waals surface area contributed by atoms with Crippen LogP contribution in [0.1, 0.15) is 12.8 Å². The van der Waals surface area contributed by atoms with E-state index in [1.165, 1.54) is 0 Å².